The van der Waals surface area contributed by atoms with Gasteiger partial charge in [0, 0.05) is 62.6 Å². The summed E-state index contributed by atoms with van der Waals surface area (Å²) in [5.41, 5.74) is 8.60. The van der Waals surface area contributed by atoms with Crippen molar-refractivity contribution in [3.8, 4) is 39.7 Å². The highest BCUT2D eigenvalue weighted by Crippen LogP contribution is 2.52. The third-order valence-electron chi connectivity index (χ3n) is 11.3. The van der Waals surface area contributed by atoms with E-state index >= 15 is 0 Å². The minimum Gasteiger partial charge on any atom is -0.485 e. The molecule has 2 atom stereocenters. The van der Waals surface area contributed by atoms with Crippen molar-refractivity contribution in [3.63, 3.8) is 0 Å². The number of hydrogen-bond donors (Lipinski definition) is 0. The second-order valence-corrected chi connectivity index (χ2v) is 16.8. The van der Waals surface area contributed by atoms with E-state index in [-0.39, 0.29) is 12.0 Å². The van der Waals surface area contributed by atoms with Crippen LogP contribution < -0.4 is 4.74 Å². The fourth-order valence-electron chi connectivity index (χ4n) is 8.74. The third kappa shape index (κ3) is 5.29. The molecule has 4 nitrogen and oxygen atoms in total. The van der Waals surface area contributed by atoms with E-state index in [4.69, 9.17) is 19.7 Å². The Morgan fingerprint density at radius 2 is 1.09 bits per heavy atom. The quantitative estimate of drug-likeness (QED) is 0.175. The van der Waals surface area contributed by atoms with Crippen LogP contribution in [0.2, 0.25) is 0 Å². The second kappa shape index (κ2) is 12.9. The van der Waals surface area contributed by atoms with Gasteiger partial charge in [-0.15, -0.1) is 22.7 Å². The number of thiophene rings is 2. The van der Waals surface area contributed by atoms with Gasteiger partial charge in [0.05, 0.1) is 5.92 Å². The van der Waals surface area contributed by atoms with E-state index in [9.17, 15) is 0 Å². The van der Waals surface area contributed by atoms with Crippen LogP contribution in [0.1, 0.15) is 22.9 Å². The Bertz CT molecular complexity index is 3300. The number of rotatable bonds is 5. The van der Waals surface area contributed by atoms with Gasteiger partial charge in [0.1, 0.15) is 11.9 Å². The SMILES string of the molecule is C1=CC2Oc3ccccc3C2C(c2nc(-c3cccc(-c4ccccc4)c3)nc(-c3ccc4c(c3)sc3ccccc34)n2)=C1c1cccc2sc3ccccc3c12. The summed E-state index contributed by atoms with van der Waals surface area (Å²) in [5.74, 6) is 2.71. The fraction of sp³-hybridized carbons (Fsp3) is 0.0392. The summed E-state index contributed by atoms with van der Waals surface area (Å²) in [6.07, 6.45) is 4.27. The Morgan fingerprint density at radius 1 is 0.456 bits per heavy atom. The molecule has 0 amide bonds. The van der Waals surface area contributed by atoms with Crippen LogP contribution in [0, 0.1) is 0 Å². The van der Waals surface area contributed by atoms with Gasteiger partial charge in [-0.3, -0.25) is 0 Å². The number of fused-ring (bicyclic) bond motifs is 9. The monoisotopic (exact) mass is 765 g/mol. The van der Waals surface area contributed by atoms with Crippen molar-refractivity contribution in [1.29, 1.82) is 0 Å². The van der Waals surface area contributed by atoms with Crippen LogP contribution in [-0.4, -0.2) is 21.1 Å². The molecule has 268 valence electrons. The maximum absolute atomic E-state index is 6.67. The van der Waals surface area contributed by atoms with Crippen LogP contribution in [0.15, 0.2) is 176 Å². The lowest BCUT2D eigenvalue weighted by Gasteiger charge is -2.26. The largest absolute Gasteiger partial charge is 0.485 e. The molecule has 0 bridgehead atoms. The number of benzene rings is 7. The van der Waals surface area contributed by atoms with E-state index < -0.39 is 0 Å². The van der Waals surface area contributed by atoms with E-state index in [0.29, 0.717) is 17.5 Å². The Kier molecular flexibility index (Phi) is 7.37. The van der Waals surface area contributed by atoms with Crippen molar-refractivity contribution in [2.45, 2.75) is 12.0 Å². The summed E-state index contributed by atoms with van der Waals surface area (Å²) in [6, 6.07) is 58.0. The topological polar surface area (TPSA) is 47.9 Å². The zero-order valence-corrected chi connectivity index (χ0v) is 32.1. The highest BCUT2D eigenvalue weighted by molar-refractivity contribution is 7.26. The van der Waals surface area contributed by atoms with Crippen LogP contribution in [0.3, 0.4) is 0 Å². The molecule has 6 heteroatoms. The van der Waals surface area contributed by atoms with E-state index in [1.165, 1.54) is 45.9 Å². The van der Waals surface area contributed by atoms with E-state index in [1.54, 1.807) is 11.3 Å². The lowest BCUT2D eigenvalue weighted by Crippen LogP contribution is -2.22. The molecule has 12 rings (SSSR count). The first kappa shape index (κ1) is 32.5. The Morgan fingerprint density at radius 3 is 1.96 bits per heavy atom. The zero-order chi connectivity index (χ0) is 37.5. The van der Waals surface area contributed by atoms with E-state index in [2.05, 4.69) is 164 Å². The van der Waals surface area contributed by atoms with Crippen molar-refractivity contribution >= 4 is 74.2 Å². The summed E-state index contributed by atoms with van der Waals surface area (Å²) < 4.78 is 11.7. The van der Waals surface area contributed by atoms with Crippen LogP contribution in [0.4, 0.5) is 0 Å². The number of allylic oxidation sites excluding steroid dienone is 2. The van der Waals surface area contributed by atoms with Crippen LogP contribution >= 0.6 is 22.7 Å². The smallest absolute Gasteiger partial charge is 0.164 e. The van der Waals surface area contributed by atoms with Gasteiger partial charge in [-0.25, -0.2) is 15.0 Å². The van der Waals surface area contributed by atoms with Gasteiger partial charge >= 0.3 is 0 Å². The Hall–Kier alpha value is -6.73. The molecule has 0 fully saturated rings. The maximum atomic E-state index is 6.67. The predicted molar refractivity (Wildman–Crippen MR) is 238 cm³/mol. The molecule has 4 heterocycles. The van der Waals surface area contributed by atoms with Gasteiger partial charge in [-0.1, -0.05) is 133 Å². The van der Waals surface area contributed by atoms with Gasteiger partial charge in [-0.2, -0.15) is 0 Å². The molecule has 10 aromatic rings. The zero-order valence-electron chi connectivity index (χ0n) is 30.5. The Labute approximate surface area is 336 Å². The van der Waals surface area contributed by atoms with Gasteiger partial charge in [0.2, 0.25) is 0 Å². The minimum atomic E-state index is -0.195. The number of para-hydroxylation sites is 1. The normalized spacial score (nSPS) is 16.1. The molecule has 1 aliphatic carbocycles. The average Bonchev–Trinajstić information content (AvgIpc) is 3.97. The molecule has 0 spiro atoms. The van der Waals surface area contributed by atoms with Gasteiger partial charge in [0.15, 0.2) is 17.5 Å². The van der Waals surface area contributed by atoms with Gasteiger partial charge in [-0.05, 0) is 64.7 Å². The van der Waals surface area contributed by atoms with Crippen LogP contribution in [-0.2, 0) is 0 Å². The molecule has 0 saturated carbocycles. The van der Waals surface area contributed by atoms with E-state index in [0.717, 1.165) is 44.7 Å². The second-order valence-electron chi connectivity index (χ2n) is 14.6. The number of hydrogen-bond acceptors (Lipinski definition) is 6. The lowest BCUT2D eigenvalue weighted by molar-refractivity contribution is 0.271. The first-order valence-corrected chi connectivity index (χ1v) is 20.8. The predicted octanol–water partition coefficient (Wildman–Crippen LogP) is 13.6. The van der Waals surface area contributed by atoms with Crippen molar-refractivity contribution in [3.05, 3.63) is 193 Å². The van der Waals surface area contributed by atoms with Crippen LogP contribution in [0.5, 0.6) is 5.75 Å². The van der Waals surface area contributed by atoms with Crippen molar-refractivity contribution < 1.29 is 4.74 Å². The Balaban J connectivity index is 1.14. The first-order valence-electron chi connectivity index (χ1n) is 19.2. The molecule has 0 N–H and O–H groups in total. The average molecular weight is 766 g/mol. The molecule has 2 unspecified atom stereocenters. The standard InChI is InChI=1S/C51H31N3OS2/c1-2-12-30(13-3-1)31-14-10-15-32(28-31)49-52-50(33-24-25-35-34-16-5-8-21-42(34)57-45(35)29-33)54-51(53-49)48-37(26-27-41-47(48)38-17-4-7-20-40(38)55-41)36-19-11-23-44-46(36)39-18-6-9-22-43(39)56-44/h1-29,41,47H. The molecule has 7 aromatic carbocycles. The van der Waals surface area contributed by atoms with Gasteiger partial charge in [0.25, 0.3) is 0 Å². The molecule has 1 aliphatic heterocycles. The lowest BCUT2D eigenvalue weighted by atomic mass is 9.78. The van der Waals surface area contributed by atoms with Gasteiger partial charge < -0.3 is 4.74 Å². The molecule has 0 radical (unpaired) electrons. The highest BCUT2D eigenvalue weighted by atomic mass is 32.1. The van der Waals surface area contributed by atoms with Crippen molar-refractivity contribution in [1.82, 2.24) is 15.0 Å². The molecule has 57 heavy (non-hydrogen) atoms. The molecular weight excluding hydrogens is 735 g/mol. The molecule has 2 aliphatic rings. The van der Waals surface area contributed by atoms with E-state index in [1.807, 2.05) is 23.5 Å². The highest BCUT2D eigenvalue weighted by Gasteiger charge is 2.41. The summed E-state index contributed by atoms with van der Waals surface area (Å²) in [5, 5.41) is 5.01. The number of ether oxygens (including phenoxy) is 1. The number of aromatic nitrogens is 3. The molecule has 3 aromatic heterocycles. The molecule has 0 saturated heterocycles. The first-order chi connectivity index (χ1) is 28.2. The summed E-state index contributed by atoms with van der Waals surface area (Å²) in [7, 11) is 0. The summed E-state index contributed by atoms with van der Waals surface area (Å²) >= 11 is 3.64. The number of nitrogens with zero attached hydrogens (tertiary/aromatic N) is 3. The minimum absolute atomic E-state index is 0.120. The molecular formula is C51H31N3OS2. The summed E-state index contributed by atoms with van der Waals surface area (Å²) in [4.78, 5) is 16.2. The van der Waals surface area contributed by atoms with Crippen molar-refractivity contribution in [2.24, 2.45) is 0 Å². The maximum Gasteiger partial charge on any atom is 0.164 e. The fourth-order valence-corrected chi connectivity index (χ4v) is 11.0. The third-order valence-corrected chi connectivity index (χ3v) is 13.6. The van der Waals surface area contributed by atoms with Crippen LogP contribution in [0.25, 0.3) is 85.4 Å². The van der Waals surface area contributed by atoms with Crippen molar-refractivity contribution in [2.75, 3.05) is 0 Å². The summed E-state index contributed by atoms with van der Waals surface area (Å²) in [6.45, 7) is 0.